The van der Waals surface area contributed by atoms with Crippen molar-refractivity contribution in [2.75, 3.05) is 6.54 Å². The van der Waals surface area contributed by atoms with E-state index in [4.69, 9.17) is 11.6 Å². The first-order chi connectivity index (χ1) is 9.58. The maximum absolute atomic E-state index is 6.24. The van der Waals surface area contributed by atoms with Crippen LogP contribution in [-0.2, 0) is 13.5 Å². The number of benzene rings is 1. The van der Waals surface area contributed by atoms with Gasteiger partial charge in [0.25, 0.3) is 0 Å². The van der Waals surface area contributed by atoms with Crippen molar-refractivity contribution in [1.29, 1.82) is 0 Å². The number of rotatable bonds is 6. The smallest absolute Gasteiger partial charge is 0.0817 e. The quantitative estimate of drug-likeness (QED) is 0.884. The molecule has 0 bridgehead atoms. The minimum atomic E-state index is 0.395. The summed E-state index contributed by atoms with van der Waals surface area (Å²) in [4.78, 5) is 0. The minimum absolute atomic E-state index is 0.395. The van der Waals surface area contributed by atoms with Crippen LogP contribution in [0.5, 0.6) is 0 Å². The highest BCUT2D eigenvalue weighted by molar-refractivity contribution is 6.31. The molecule has 0 saturated carbocycles. The van der Waals surface area contributed by atoms with E-state index in [0.717, 1.165) is 23.7 Å². The van der Waals surface area contributed by atoms with E-state index in [1.165, 1.54) is 5.56 Å². The van der Waals surface area contributed by atoms with Crippen LogP contribution in [0.3, 0.4) is 0 Å². The van der Waals surface area contributed by atoms with Crippen LogP contribution in [0.25, 0.3) is 0 Å². The molecule has 0 radical (unpaired) electrons. The average molecular weight is 292 g/mol. The van der Waals surface area contributed by atoms with Gasteiger partial charge in [0.1, 0.15) is 0 Å². The van der Waals surface area contributed by atoms with Crippen LogP contribution in [0.4, 0.5) is 0 Å². The highest BCUT2D eigenvalue weighted by atomic mass is 35.5. The fourth-order valence-electron chi connectivity index (χ4n) is 2.31. The van der Waals surface area contributed by atoms with Crippen LogP contribution < -0.4 is 5.32 Å². The molecule has 2 rings (SSSR count). The number of aryl methyl sites for hydroxylation is 1. The third kappa shape index (κ3) is 3.84. The molecule has 1 aromatic carbocycles. The van der Waals surface area contributed by atoms with Gasteiger partial charge in [-0.25, -0.2) is 0 Å². The van der Waals surface area contributed by atoms with Crippen LogP contribution in [-0.4, -0.2) is 22.4 Å². The maximum atomic E-state index is 6.24. The van der Waals surface area contributed by atoms with Gasteiger partial charge in [0.15, 0.2) is 0 Å². The van der Waals surface area contributed by atoms with Gasteiger partial charge in [-0.2, -0.15) is 5.10 Å². The second kappa shape index (κ2) is 6.91. The van der Waals surface area contributed by atoms with Crippen LogP contribution in [0.15, 0.2) is 36.5 Å². The summed E-state index contributed by atoms with van der Waals surface area (Å²) in [5.74, 6) is 0.395. The third-order valence-electron chi connectivity index (χ3n) is 3.49. The van der Waals surface area contributed by atoms with E-state index >= 15 is 0 Å². The van der Waals surface area contributed by atoms with E-state index in [9.17, 15) is 0 Å². The van der Waals surface area contributed by atoms with Gasteiger partial charge in [0.2, 0.25) is 0 Å². The summed E-state index contributed by atoms with van der Waals surface area (Å²) in [6.45, 7) is 5.27. The van der Waals surface area contributed by atoms with Gasteiger partial charge < -0.3 is 5.32 Å². The Morgan fingerprint density at radius 3 is 2.50 bits per heavy atom. The predicted octanol–water partition coefficient (Wildman–Crippen LogP) is 3.40. The Balaban J connectivity index is 2.19. The van der Waals surface area contributed by atoms with Crippen LogP contribution in [0.2, 0.25) is 5.02 Å². The van der Waals surface area contributed by atoms with Gasteiger partial charge in [0, 0.05) is 25.6 Å². The molecule has 0 amide bonds. The molecule has 0 aliphatic carbocycles. The van der Waals surface area contributed by atoms with E-state index in [-0.39, 0.29) is 0 Å². The number of aromatic nitrogens is 2. The number of halogens is 1. The molecular formula is C16H22ClN3. The van der Waals surface area contributed by atoms with Crippen LogP contribution >= 0.6 is 11.6 Å². The summed E-state index contributed by atoms with van der Waals surface area (Å²) in [7, 11) is 1.94. The van der Waals surface area contributed by atoms with Gasteiger partial charge in [-0.05, 0) is 12.0 Å². The van der Waals surface area contributed by atoms with Gasteiger partial charge in [-0.3, -0.25) is 4.68 Å². The Kier molecular flexibility index (Phi) is 5.21. The summed E-state index contributed by atoms with van der Waals surface area (Å²) < 4.78 is 1.87. The summed E-state index contributed by atoms with van der Waals surface area (Å²) in [5.41, 5.74) is 2.42. The summed E-state index contributed by atoms with van der Waals surface area (Å²) >= 11 is 6.24. The fraction of sp³-hybridized carbons (Fsp3) is 0.438. The molecule has 0 spiro atoms. The van der Waals surface area contributed by atoms with Gasteiger partial charge in [-0.1, -0.05) is 55.8 Å². The summed E-state index contributed by atoms with van der Waals surface area (Å²) in [5, 5.41) is 8.49. The zero-order chi connectivity index (χ0) is 14.5. The second-order valence-electron chi connectivity index (χ2n) is 5.44. The fourth-order valence-corrected chi connectivity index (χ4v) is 2.55. The van der Waals surface area contributed by atoms with Crippen molar-refractivity contribution in [2.45, 2.75) is 32.2 Å². The Morgan fingerprint density at radius 2 is 1.95 bits per heavy atom. The number of hydrogen-bond donors (Lipinski definition) is 1. The lowest BCUT2D eigenvalue weighted by Crippen LogP contribution is -2.29. The molecule has 0 saturated heterocycles. The van der Waals surface area contributed by atoms with E-state index in [2.05, 4.69) is 48.5 Å². The van der Waals surface area contributed by atoms with E-state index < -0.39 is 0 Å². The molecule has 1 heterocycles. The lowest BCUT2D eigenvalue weighted by atomic mass is 9.94. The average Bonchev–Trinajstić information content (AvgIpc) is 2.75. The Hall–Kier alpha value is -1.32. The van der Waals surface area contributed by atoms with Crippen LogP contribution in [0, 0.1) is 0 Å². The normalized spacial score (nSPS) is 12.8. The first kappa shape index (κ1) is 15.1. The van der Waals surface area contributed by atoms with Crippen molar-refractivity contribution in [1.82, 2.24) is 15.1 Å². The summed E-state index contributed by atoms with van der Waals surface area (Å²) in [6.07, 6.45) is 2.61. The predicted molar refractivity (Wildman–Crippen MR) is 84.2 cm³/mol. The Morgan fingerprint density at radius 1 is 1.25 bits per heavy atom. The highest BCUT2D eigenvalue weighted by Crippen LogP contribution is 2.24. The monoisotopic (exact) mass is 291 g/mol. The molecule has 0 aliphatic heterocycles. The van der Waals surface area contributed by atoms with Gasteiger partial charge in [-0.15, -0.1) is 0 Å². The molecular weight excluding hydrogens is 270 g/mol. The molecule has 1 aromatic heterocycles. The van der Waals surface area contributed by atoms with E-state index in [1.807, 2.05) is 17.8 Å². The zero-order valence-corrected chi connectivity index (χ0v) is 13.1. The standard InChI is InChI=1S/C16H22ClN3/c1-12(2)18-10-14(13-7-5-4-6-8-13)9-16-15(17)11-19-20(16)3/h4-8,11-12,14,18H,9-10H2,1-3H3. The van der Waals surface area contributed by atoms with Crippen molar-refractivity contribution in [2.24, 2.45) is 7.05 Å². The third-order valence-corrected chi connectivity index (χ3v) is 3.81. The SMILES string of the molecule is CC(C)NCC(Cc1c(Cl)cnn1C)c1ccccc1. The molecule has 1 atom stereocenters. The number of nitrogens with zero attached hydrogens (tertiary/aromatic N) is 2. The largest absolute Gasteiger partial charge is 0.314 e. The molecule has 108 valence electrons. The molecule has 1 unspecified atom stereocenters. The van der Waals surface area contributed by atoms with Crippen molar-refractivity contribution < 1.29 is 0 Å². The first-order valence-corrected chi connectivity index (χ1v) is 7.40. The molecule has 2 aromatic rings. The van der Waals surface area contributed by atoms with E-state index in [0.29, 0.717) is 12.0 Å². The molecule has 0 aliphatic rings. The lowest BCUT2D eigenvalue weighted by molar-refractivity contribution is 0.516. The molecule has 4 heteroatoms. The van der Waals surface area contributed by atoms with Gasteiger partial charge in [0.05, 0.1) is 16.9 Å². The molecule has 3 nitrogen and oxygen atoms in total. The summed E-state index contributed by atoms with van der Waals surface area (Å²) in [6, 6.07) is 11.1. The van der Waals surface area contributed by atoms with Crippen molar-refractivity contribution in [3.8, 4) is 0 Å². The highest BCUT2D eigenvalue weighted by Gasteiger charge is 2.17. The number of hydrogen-bond acceptors (Lipinski definition) is 2. The molecule has 1 N–H and O–H groups in total. The second-order valence-corrected chi connectivity index (χ2v) is 5.84. The van der Waals surface area contributed by atoms with Gasteiger partial charge >= 0.3 is 0 Å². The first-order valence-electron chi connectivity index (χ1n) is 7.02. The molecule has 20 heavy (non-hydrogen) atoms. The van der Waals surface area contributed by atoms with Crippen molar-refractivity contribution in [3.05, 3.63) is 52.8 Å². The topological polar surface area (TPSA) is 29.9 Å². The number of nitrogens with one attached hydrogen (secondary N) is 1. The minimum Gasteiger partial charge on any atom is -0.314 e. The van der Waals surface area contributed by atoms with E-state index in [1.54, 1.807) is 6.20 Å². The van der Waals surface area contributed by atoms with Crippen molar-refractivity contribution in [3.63, 3.8) is 0 Å². The zero-order valence-electron chi connectivity index (χ0n) is 12.3. The lowest BCUT2D eigenvalue weighted by Gasteiger charge is -2.20. The Bertz CT molecular complexity index is 514. The van der Waals surface area contributed by atoms with Crippen molar-refractivity contribution >= 4 is 11.6 Å². The Labute approximate surface area is 126 Å². The maximum Gasteiger partial charge on any atom is 0.0817 e. The molecule has 0 fully saturated rings. The van der Waals surface area contributed by atoms with Crippen LogP contribution in [0.1, 0.15) is 31.0 Å².